The van der Waals surface area contributed by atoms with E-state index in [4.69, 9.17) is 19.9 Å². The van der Waals surface area contributed by atoms with Crippen LogP contribution >= 0.6 is 0 Å². The quantitative estimate of drug-likeness (QED) is 0.133. The van der Waals surface area contributed by atoms with Crippen molar-refractivity contribution in [2.24, 2.45) is 0 Å². The van der Waals surface area contributed by atoms with Gasteiger partial charge in [0.2, 0.25) is 0 Å². The number of pyridine rings is 2. The Morgan fingerprint density at radius 1 is 0.315 bits per heavy atom. The molecule has 0 radical (unpaired) electrons. The van der Waals surface area contributed by atoms with Gasteiger partial charge >= 0.3 is 0 Å². The van der Waals surface area contributed by atoms with E-state index in [1.165, 1.54) is 32.7 Å². The zero-order chi connectivity index (χ0) is 36.2. The molecule has 0 aliphatic rings. The maximum absolute atomic E-state index is 5.53. The number of aromatic nitrogens is 4. The first-order chi connectivity index (χ1) is 26.6. The molecule has 0 amide bonds. The fraction of sp³-hybridized carbons (Fsp3) is 0.0400. The Kier molecular flexibility index (Phi) is 7.55. The first-order valence-corrected chi connectivity index (χ1v) is 18.3. The molecule has 0 aliphatic heterocycles. The number of hydrogen-bond donors (Lipinski definition) is 0. The minimum Gasteiger partial charge on any atom is -0.247 e. The molecule has 4 nitrogen and oxygen atoms in total. The normalized spacial score (nSPS) is 11.5. The van der Waals surface area contributed by atoms with Gasteiger partial charge in [0.05, 0.1) is 33.8 Å². The molecule has 0 saturated carbocycles. The summed E-state index contributed by atoms with van der Waals surface area (Å²) in [6, 6.07) is 58.9. The van der Waals surface area contributed by atoms with E-state index in [9.17, 15) is 0 Å². The van der Waals surface area contributed by atoms with Crippen molar-refractivity contribution in [3.05, 3.63) is 181 Å². The molecule has 0 spiro atoms. The lowest BCUT2D eigenvalue weighted by Gasteiger charge is -2.21. The molecule has 0 N–H and O–H groups in total. The van der Waals surface area contributed by atoms with E-state index in [-0.39, 0.29) is 0 Å². The van der Waals surface area contributed by atoms with E-state index in [1.807, 2.05) is 36.4 Å². The van der Waals surface area contributed by atoms with E-state index in [0.29, 0.717) is 5.82 Å². The number of fused-ring (bicyclic) bond motifs is 6. The summed E-state index contributed by atoms with van der Waals surface area (Å²) >= 11 is 0. The van der Waals surface area contributed by atoms with Crippen LogP contribution in [0.2, 0.25) is 0 Å². The highest BCUT2D eigenvalue weighted by Crippen LogP contribution is 2.45. The van der Waals surface area contributed by atoms with Gasteiger partial charge in [0.25, 0.3) is 0 Å². The lowest BCUT2D eigenvalue weighted by atomic mass is 9.85. The van der Waals surface area contributed by atoms with Crippen LogP contribution in [0.3, 0.4) is 0 Å². The molecule has 4 heteroatoms. The largest absolute Gasteiger partial charge is 0.247 e. The third kappa shape index (κ3) is 5.22. The van der Waals surface area contributed by atoms with E-state index in [0.717, 1.165) is 72.4 Å². The molecule has 3 heterocycles. The molecule has 254 valence electrons. The molecule has 0 atom stereocenters. The molecule has 10 aromatic rings. The Morgan fingerprint density at radius 2 is 0.759 bits per heavy atom. The summed E-state index contributed by atoms with van der Waals surface area (Å²) in [5.41, 5.74) is 13.2. The maximum atomic E-state index is 5.53. The van der Waals surface area contributed by atoms with Gasteiger partial charge < -0.3 is 0 Å². The van der Waals surface area contributed by atoms with Crippen LogP contribution < -0.4 is 0 Å². The molecule has 0 unspecified atom stereocenters. The summed E-state index contributed by atoms with van der Waals surface area (Å²) in [6.07, 6.45) is 0. The molecular formula is C50H34N4. The van der Waals surface area contributed by atoms with Crippen molar-refractivity contribution < 1.29 is 0 Å². The van der Waals surface area contributed by atoms with E-state index in [1.54, 1.807) is 0 Å². The average Bonchev–Trinajstić information content (AvgIpc) is 3.25. The molecule has 0 fully saturated rings. The van der Waals surface area contributed by atoms with Gasteiger partial charge in [0, 0.05) is 49.4 Å². The fourth-order valence-electron chi connectivity index (χ4n) is 8.07. The van der Waals surface area contributed by atoms with Crippen molar-refractivity contribution in [2.45, 2.75) is 13.8 Å². The highest BCUT2D eigenvalue weighted by atomic mass is 14.9. The zero-order valence-electron chi connectivity index (χ0n) is 30.0. The number of rotatable bonds is 5. The standard InChI is InChI=1S/C50H34N4/c1-31-44-38-25-15-16-26-40(38)51-48(34-19-9-4-10-20-34)46(44)32(2)45-39-28-27-37(29-43(39)52-49(47(31)45)35-21-11-5-12-22-35)42-30-41(33-17-7-3-8-18-33)53-50(54-42)36-23-13-6-14-24-36/h3-30H,1-2H3. The van der Waals surface area contributed by atoms with Crippen LogP contribution in [0.15, 0.2) is 170 Å². The molecular weight excluding hydrogens is 657 g/mol. The summed E-state index contributed by atoms with van der Waals surface area (Å²) in [7, 11) is 0. The van der Waals surface area contributed by atoms with Gasteiger partial charge in [0.1, 0.15) is 0 Å². The minimum atomic E-state index is 0.689. The van der Waals surface area contributed by atoms with Crippen LogP contribution in [0.4, 0.5) is 0 Å². The maximum Gasteiger partial charge on any atom is 0.160 e. The Hall–Kier alpha value is -7.04. The first kappa shape index (κ1) is 31.7. The lowest BCUT2D eigenvalue weighted by Crippen LogP contribution is -2.00. The SMILES string of the molecule is Cc1c2c(-c3ccccc3)nc3cc(-c4cc(-c5ccccc5)nc(-c5ccccc5)n4)ccc3c2c(C)c2c(-c3ccccc3)nc3ccccc3c12. The molecule has 3 aromatic heterocycles. The second-order valence-electron chi connectivity index (χ2n) is 13.8. The number of hydrogen-bond acceptors (Lipinski definition) is 4. The fourth-order valence-corrected chi connectivity index (χ4v) is 8.07. The van der Waals surface area contributed by atoms with Crippen molar-refractivity contribution >= 4 is 43.4 Å². The number of benzene rings is 7. The first-order valence-electron chi connectivity index (χ1n) is 18.3. The Morgan fingerprint density at radius 3 is 1.33 bits per heavy atom. The number of aryl methyl sites for hydroxylation is 2. The van der Waals surface area contributed by atoms with E-state index >= 15 is 0 Å². The van der Waals surface area contributed by atoms with Crippen molar-refractivity contribution in [1.29, 1.82) is 0 Å². The highest BCUT2D eigenvalue weighted by molar-refractivity contribution is 6.25. The molecule has 10 rings (SSSR count). The molecule has 0 saturated heterocycles. The molecule has 0 bridgehead atoms. The summed E-state index contributed by atoms with van der Waals surface area (Å²) in [6.45, 7) is 4.52. The Bertz CT molecular complexity index is 2980. The minimum absolute atomic E-state index is 0.689. The van der Waals surface area contributed by atoms with Crippen LogP contribution in [0, 0.1) is 13.8 Å². The molecule has 7 aromatic carbocycles. The van der Waals surface area contributed by atoms with Gasteiger partial charge in [-0.15, -0.1) is 0 Å². The summed E-state index contributed by atoms with van der Waals surface area (Å²) < 4.78 is 0. The number of para-hydroxylation sites is 1. The van der Waals surface area contributed by atoms with Crippen LogP contribution in [-0.2, 0) is 0 Å². The van der Waals surface area contributed by atoms with Gasteiger partial charge in [0.15, 0.2) is 5.82 Å². The van der Waals surface area contributed by atoms with Crippen LogP contribution in [0.25, 0.3) is 99.8 Å². The van der Waals surface area contributed by atoms with Gasteiger partial charge in [-0.05, 0) is 53.9 Å². The summed E-state index contributed by atoms with van der Waals surface area (Å²) in [5.74, 6) is 0.689. The van der Waals surface area contributed by atoms with Crippen molar-refractivity contribution in [3.8, 4) is 56.4 Å². The van der Waals surface area contributed by atoms with E-state index in [2.05, 4.69) is 147 Å². The zero-order valence-corrected chi connectivity index (χ0v) is 30.0. The van der Waals surface area contributed by atoms with Crippen molar-refractivity contribution in [3.63, 3.8) is 0 Å². The van der Waals surface area contributed by atoms with E-state index < -0.39 is 0 Å². The summed E-state index contributed by atoms with van der Waals surface area (Å²) in [5, 5.41) is 7.02. The van der Waals surface area contributed by atoms with Gasteiger partial charge in [-0.3, -0.25) is 0 Å². The average molecular weight is 691 g/mol. The van der Waals surface area contributed by atoms with Crippen molar-refractivity contribution in [1.82, 2.24) is 19.9 Å². The van der Waals surface area contributed by atoms with Crippen molar-refractivity contribution in [2.75, 3.05) is 0 Å². The molecule has 54 heavy (non-hydrogen) atoms. The van der Waals surface area contributed by atoms with Crippen LogP contribution in [-0.4, -0.2) is 19.9 Å². The number of nitrogens with zero attached hydrogens (tertiary/aromatic N) is 4. The van der Waals surface area contributed by atoms with Crippen LogP contribution in [0.1, 0.15) is 11.1 Å². The smallest absolute Gasteiger partial charge is 0.160 e. The topological polar surface area (TPSA) is 51.6 Å². The third-order valence-corrected chi connectivity index (χ3v) is 10.6. The summed E-state index contributed by atoms with van der Waals surface area (Å²) in [4.78, 5) is 21.0. The second kappa shape index (κ2) is 12.9. The lowest BCUT2D eigenvalue weighted by molar-refractivity contribution is 1.18. The predicted molar refractivity (Wildman–Crippen MR) is 224 cm³/mol. The molecule has 0 aliphatic carbocycles. The third-order valence-electron chi connectivity index (χ3n) is 10.6. The predicted octanol–water partition coefficient (Wildman–Crippen LogP) is 12.8. The monoisotopic (exact) mass is 690 g/mol. The van der Waals surface area contributed by atoms with Crippen LogP contribution in [0.5, 0.6) is 0 Å². The Balaban J connectivity index is 1.30. The van der Waals surface area contributed by atoms with Gasteiger partial charge in [-0.1, -0.05) is 152 Å². The van der Waals surface area contributed by atoms with Gasteiger partial charge in [-0.2, -0.15) is 0 Å². The van der Waals surface area contributed by atoms with Gasteiger partial charge in [-0.25, -0.2) is 19.9 Å². The highest BCUT2D eigenvalue weighted by Gasteiger charge is 2.23. The second-order valence-corrected chi connectivity index (χ2v) is 13.8. The Labute approximate surface area is 313 Å².